The highest BCUT2D eigenvalue weighted by atomic mass is 19.4. The zero-order valence-corrected chi connectivity index (χ0v) is 8.29. The van der Waals surface area contributed by atoms with Crippen molar-refractivity contribution in [3.8, 4) is 0 Å². The first-order valence-electron chi connectivity index (χ1n) is 4.71. The normalized spacial score (nSPS) is 18.3. The zero-order chi connectivity index (χ0) is 12.3. The van der Waals surface area contributed by atoms with Crippen LogP contribution in [-0.2, 0) is 14.4 Å². The summed E-state index contributed by atoms with van der Waals surface area (Å²) in [6.45, 7) is -0.273. The molecule has 0 saturated carbocycles. The minimum atomic E-state index is -4.87. The smallest absolute Gasteiger partial charge is 0.335 e. The second-order valence-corrected chi connectivity index (χ2v) is 3.58. The number of hydrogen-bond acceptors (Lipinski definition) is 3. The van der Waals surface area contributed by atoms with Crippen LogP contribution in [0.2, 0.25) is 0 Å². The molecule has 0 spiro atoms. The third-order valence-corrected chi connectivity index (χ3v) is 2.54. The van der Waals surface area contributed by atoms with E-state index < -0.39 is 23.8 Å². The van der Waals surface area contributed by atoms with Gasteiger partial charge in [0.2, 0.25) is 0 Å². The Morgan fingerprint density at radius 2 is 1.69 bits per heavy atom. The Bertz CT molecular complexity index is 306. The van der Waals surface area contributed by atoms with Gasteiger partial charge in [0.15, 0.2) is 12.1 Å². The number of piperidine rings is 1. The highest BCUT2D eigenvalue weighted by molar-refractivity contribution is 6.25. The molecule has 0 aliphatic carbocycles. The largest absolute Gasteiger partial charge is 0.471 e. The summed E-state index contributed by atoms with van der Waals surface area (Å²) >= 11 is 0. The number of hydrogen-bond donors (Lipinski definition) is 0. The Labute approximate surface area is 89.4 Å². The van der Waals surface area contributed by atoms with Crippen molar-refractivity contribution in [1.29, 1.82) is 0 Å². The topological polar surface area (TPSA) is 54.5 Å². The van der Waals surface area contributed by atoms with Crippen LogP contribution in [0.1, 0.15) is 12.8 Å². The Hall–Kier alpha value is -1.40. The zero-order valence-electron chi connectivity index (χ0n) is 8.29. The molecule has 1 fully saturated rings. The molecular formula is C9H10F3NO3. The number of alkyl halides is 3. The number of rotatable bonds is 2. The summed E-state index contributed by atoms with van der Waals surface area (Å²) in [6.07, 6.45) is -4.48. The van der Waals surface area contributed by atoms with E-state index in [2.05, 4.69) is 0 Å². The van der Waals surface area contributed by atoms with Gasteiger partial charge < -0.3 is 4.90 Å². The monoisotopic (exact) mass is 237 g/mol. The molecule has 1 heterocycles. The number of amides is 1. The molecular weight excluding hydrogens is 227 g/mol. The molecule has 0 aromatic heterocycles. The van der Waals surface area contributed by atoms with Gasteiger partial charge >= 0.3 is 12.1 Å². The lowest BCUT2D eigenvalue weighted by atomic mass is 9.93. The molecule has 1 aliphatic heterocycles. The van der Waals surface area contributed by atoms with Gasteiger partial charge in [-0.15, -0.1) is 0 Å². The molecule has 1 saturated heterocycles. The Balaban J connectivity index is 2.52. The molecule has 1 amide bonds. The highest BCUT2D eigenvalue weighted by Gasteiger charge is 2.43. The summed E-state index contributed by atoms with van der Waals surface area (Å²) in [4.78, 5) is 32.6. The van der Waals surface area contributed by atoms with Gasteiger partial charge in [-0.25, -0.2) is 0 Å². The molecule has 1 aliphatic rings. The van der Waals surface area contributed by atoms with Gasteiger partial charge in [0, 0.05) is 19.0 Å². The van der Waals surface area contributed by atoms with E-state index in [1.807, 2.05) is 0 Å². The van der Waals surface area contributed by atoms with E-state index in [-0.39, 0.29) is 32.2 Å². The third kappa shape index (κ3) is 2.80. The third-order valence-electron chi connectivity index (χ3n) is 2.54. The number of carbonyl (C=O) groups is 3. The van der Waals surface area contributed by atoms with Crippen LogP contribution >= 0.6 is 0 Å². The van der Waals surface area contributed by atoms with Crippen LogP contribution in [0.5, 0.6) is 0 Å². The molecule has 0 aromatic carbocycles. The summed E-state index contributed by atoms with van der Waals surface area (Å²) in [7, 11) is 0. The maximum atomic E-state index is 12.0. The standard InChI is InChI=1S/C9H10F3NO3/c10-9(11,12)8(16)13-3-1-6(2-4-13)7(15)5-14/h5-6H,1-4H2. The summed E-state index contributed by atoms with van der Waals surface area (Å²) in [6, 6.07) is 0. The van der Waals surface area contributed by atoms with Gasteiger partial charge in [-0.3, -0.25) is 14.4 Å². The maximum Gasteiger partial charge on any atom is 0.471 e. The SMILES string of the molecule is O=CC(=O)C1CCN(C(=O)C(F)(F)F)CC1. The van der Waals surface area contributed by atoms with E-state index >= 15 is 0 Å². The minimum Gasteiger partial charge on any atom is -0.335 e. The molecule has 0 N–H and O–H groups in total. The molecule has 7 heteroatoms. The first-order valence-corrected chi connectivity index (χ1v) is 4.71. The molecule has 0 bridgehead atoms. The fourth-order valence-electron chi connectivity index (χ4n) is 1.64. The van der Waals surface area contributed by atoms with Crippen molar-refractivity contribution in [2.24, 2.45) is 5.92 Å². The molecule has 16 heavy (non-hydrogen) atoms. The lowest BCUT2D eigenvalue weighted by molar-refractivity contribution is -0.186. The predicted octanol–water partition coefficient (Wildman–Crippen LogP) is 0.555. The number of likely N-dealkylation sites (tertiary alicyclic amines) is 1. The molecule has 0 unspecified atom stereocenters. The van der Waals surface area contributed by atoms with Crippen LogP contribution in [0.4, 0.5) is 13.2 Å². The van der Waals surface area contributed by atoms with Crippen molar-refractivity contribution >= 4 is 18.0 Å². The summed E-state index contributed by atoms with van der Waals surface area (Å²) < 4.78 is 36.1. The van der Waals surface area contributed by atoms with Gasteiger partial charge in [0.05, 0.1) is 0 Å². The molecule has 1 rings (SSSR count). The van der Waals surface area contributed by atoms with Crippen molar-refractivity contribution in [1.82, 2.24) is 4.90 Å². The number of ketones is 1. The van der Waals surface area contributed by atoms with E-state index in [0.717, 1.165) is 0 Å². The van der Waals surface area contributed by atoms with Crippen LogP contribution in [0.3, 0.4) is 0 Å². The van der Waals surface area contributed by atoms with Crippen LogP contribution in [0, 0.1) is 5.92 Å². The Kier molecular flexibility index (Phi) is 3.66. The van der Waals surface area contributed by atoms with Gasteiger partial charge in [0.25, 0.3) is 0 Å². The first-order chi connectivity index (χ1) is 7.36. The van der Waals surface area contributed by atoms with E-state index in [4.69, 9.17) is 0 Å². The van der Waals surface area contributed by atoms with E-state index in [9.17, 15) is 27.6 Å². The van der Waals surface area contributed by atoms with Gasteiger partial charge in [0.1, 0.15) is 0 Å². The summed E-state index contributed by atoms with van der Waals surface area (Å²) in [5.74, 6) is -3.04. The van der Waals surface area contributed by atoms with Crippen molar-refractivity contribution in [2.75, 3.05) is 13.1 Å². The van der Waals surface area contributed by atoms with Crippen molar-refractivity contribution in [3.63, 3.8) is 0 Å². The summed E-state index contributed by atoms with van der Waals surface area (Å²) in [5, 5.41) is 0. The molecule has 0 atom stereocenters. The Morgan fingerprint density at radius 1 is 1.19 bits per heavy atom. The summed E-state index contributed by atoms with van der Waals surface area (Å²) in [5.41, 5.74) is 0. The molecule has 0 aromatic rings. The van der Waals surface area contributed by atoms with E-state index in [1.165, 1.54) is 0 Å². The van der Waals surface area contributed by atoms with Crippen molar-refractivity contribution in [2.45, 2.75) is 19.0 Å². The molecule has 4 nitrogen and oxygen atoms in total. The van der Waals surface area contributed by atoms with Crippen LogP contribution in [0.25, 0.3) is 0 Å². The lowest BCUT2D eigenvalue weighted by Gasteiger charge is -2.30. The number of aldehydes is 1. The van der Waals surface area contributed by atoms with Gasteiger partial charge in [-0.1, -0.05) is 0 Å². The lowest BCUT2D eigenvalue weighted by Crippen LogP contribution is -2.46. The molecule has 0 radical (unpaired) electrons. The van der Waals surface area contributed by atoms with Crippen LogP contribution in [0.15, 0.2) is 0 Å². The predicted molar refractivity (Wildman–Crippen MR) is 46.4 cm³/mol. The number of halogens is 3. The average molecular weight is 237 g/mol. The van der Waals surface area contributed by atoms with E-state index in [0.29, 0.717) is 4.90 Å². The maximum absolute atomic E-state index is 12.0. The Morgan fingerprint density at radius 3 is 2.06 bits per heavy atom. The molecule has 90 valence electrons. The van der Waals surface area contributed by atoms with Gasteiger partial charge in [-0.2, -0.15) is 13.2 Å². The van der Waals surface area contributed by atoms with Crippen molar-refractivity contribution in [3.05, 3.63) is 0 Å². The number of carbonyl (C=O) groups excluding carboxylic acids is 3. The second-order valence-electron chi connectivity index (χ2n) is 3.58. The van der Waals surface area contributed by atoms with Crippen LogP contribution in [-0.4, -0.2) is 42.1 Å². The van der Waals surface area contributed by atoms with E-state index in [1.54, 1.807) is 0 Å². The highest BCUT2D eigenvalue weighted by Crippen LogP contribution is 2.23. The fraction of sp³-hybridized carbons (Fsp3) is 0.667. The quantitative estimate of drug-likeness (QED) is 0.520. The first kappa shape index (κ1) is 12.7. The second kappa shape index (κ2) is 4.63. The van der Waals surface area contributed by atoms with Crippen LogP contribution < -0.4 is 0 Å². The number of Topliss-reactive ketones (excluding diaryl/α,β-unsaturated/α-hetero) is 1. The average Bonchev–Trinajstić information content (AvgIpc) is 2.26. The van der Waals surface area contributed by atoms with Gasteiger partial charge in [-0.05, 0) is 12.8 Å². The minimum absolute atomic E-state index is 0.111. The fourth-order valence-corrected chi connectivity index (χ4v) is 1.64. The van der Waals surface area contributed by atoms with Crippen molar-refractivity contribution < 1.29 is 27.6 Å². The number of nitrogens with zero attached hydrogens (tertiary/aromatic N) is 1.